The molecule has 0 amide bonds. The summed E-state index contributed by atoms with van der Waals surface area (Å²) in [6.45, 7) is 3.55. The number of sulfonamides is 1. The molecule has 1 fully saturated rings. The third-order valence-corrected chi connectivity index (χ3v) is 6.51. The third kappa shape index (κ3) is 3.51. The minimum Gasteiger partial charge on any atom is -0.316 e. The van der Waals surface area contributed by atoms with E-state index >= 15 is 0 Å². The minimum absolute atomic E-state index is 0.0919. The first-order valence-corrected chi connectivity index (χ1v) is 9.95. The Morgan fingerprint density at radius 3 is 2.88 bits per heavy atom. The van der Waals surface area contributed by atoms with Crippen LogP contribution in [-0.2, 0) is 23.6 Å². The van der Waals surface area contributed by atoms with Gasteiger partial charge in [0.2, 0.25) is 10.0 Å². The molecule has 2 aromatic rings. The summed E-state index contributed by atoms with van der Waals surface area (Å²) in [7, 11) is -1.22. The fourth-order valence-corrected chi connectivity index (χ4v) is 4.79. The zero-order valence-electron chi connectivity index (χ0n) is 14.2. The van der Waals surface area contributed by atoms with E-state index < -0.39 is 10.0 Å². The molecule has 2 aromatic heterocycles. The first kappa shape index (κ1) is 17.1. The molecule has 0 aromatic carbocycles. The monoisotopic (exact) mass is 352 g/mol. The molecule has 132 valence electrons. The minimum atomic E-state index is -3.16. The van der Waals surface area contributed by atoms with E-state index in [-0.39, 0.29) is 11.7 Å². The van der Waals surface area contributed by atoms with E-state index in [0.717, 1.165) is 24.5 Å². The van der Waals surface area contributed by atoms with Crippen LogP contribution in [0.2, 0.25) is 0 Å². The van der Waals surface area contributed by atoms with Gasteiger partial charge >= 0.3 is 0 Å². The van der Waals surface area contributed by atoms with Crippen molar-refractivity contribution in [3.05, 3.63) is 30.1 Å². The molecule has 3 heterocycles. The molecule has 0 aliphatic carbocycles. The number of rotatable bonds is 6. The lowest BCUT2D eigenvalue weighted by Gasteiger charge is -2.31. The Labute approximate surface area is 142 Å². The zero-order valence-corrected chi connectivity index (χ0v) is 15.0. The van der Waals surface area contributed by atoms with Gasteiger partial charge in [-0.15, -0.1) is 10.2 Å². The van der Waals surface area contributed by atoms with E-state index in [1.165, 1.54) is 0 Å². The van der Waals surface area contributed by atoms with Crippen LogP contribution in [0.15, 0.2) is 18.5 Å². The van der Waals surface area contributed by atoms with Crippen LogP contribution in [0.5, 0.6) is 0 Å². The van der Waals surface area contributed by atoms with E-state index in [4.69, 9.17) is 0 Å². The average molecular weight is 352 g/mol. The zero-order chi connectivity index (χ0) is 17.2. The van der Waals surface area contributed by atoms with Gasteiger partial charge in [-0.3, -0.25) is 4.68 Å². The van der Waals surface area contributed by atoms with Crippen LogP contribution in [-0.4, -0.2) is 56.1 Å². The molecular formula is C15H24N6O2S. The summed E-state index contributed by atoms with van der Waals surface area (Å²) in [5.74, 6) is 1.98. The summed E-state index contributed by atoms with van der Waals surface area (Å²) >= 11 is 0. The number of hydrogen-bond acceptors (Lipinski definition) is 5. The highest BCUT2D eigenvalue weighted by molar-refractivity contribution is 7.89. The maximum atomic E-state index is 12.3. The lowest BCUT2D eigenvalue weighted by atomic mass is 9.99. The lowest BCUT2D eigenvalue weighted by Crippen LogP contribution is -2.40. The van der Waals surface area contributed by atoms with E-state index in [0.29, 0.717) is 26.1 Å². The number of nitrogens with zero attached hydrogens (tertiary/aromatic N) is 6. The van der Waals surface area contributed by atoms with Gasteiger partial charge in [-0.05, 0) is 25.3 Å². The quantitative estimate of drug-likeness (QED) is 0.773. The average Bonchev–Trinajstić information content (AvgIpc) is 3.19. The van der Waals surface area contributed by atoms with Gasteiger partial charge in [0.05, 0.1) is 5.75 Å². The summed E-state index contributed by atoms with van der Waals surface area (Å²) < 4.78 is 30.1. The third-order valence-electron chi connectivity index (χ3n) is 4.47. The van der Waals surface area contributed by atoms with Gasteiger partial charge in [-0.1, -0.05) is 6.92 Å². The SMILES string of the molecule is CCCS(=O)(=O)N1CCC[C@H](c2nnc(Cn3cccn3)n2C)C1. The first-order chi connectivity index (χ1) is 11.5. The smallest absolute Gasteiger partial charge is 0.214 e. The summed E-state index contributed by atoms with van der Waals surface area (Å²) in [5.41, 5.74) is 0. The number of piperidine rings is 1. The van der Waals surface area contributed by atoms with Gasteiger partial charge in [0, 0.05) is 38.4 Å². The Kier molecular flexibility index (Phi) is 5.00. The van der Waals surface area contributed by atoms with E-state index in [2.05, 4.69) is 15.3 Å². The van der Waals surface area contributed by atoms with Crippen molar-refractivity contribution in [2.45, 2.75) is 38.6 Å². The Hall–Kier alpha value is -1.74. The van der Waals surface area contributed by atoms with Crippen molar-refractivity contribution in [1.29, 1.82) is 0 Å². The number of hydrogen-bond donors (Lipinski definition) is 0. The fourth-order valence-electron chi connectivity index (χ4n) is 3.20. The van der Waals surface area contributed by atoms with Gasteiger partial charge < -0.3 is 4.57 Å². The van der Waals surface area contributed by atoms with Crippen LogP contribution < -0.4 is 0 Å². The molecule has 1 atom stereocenters. The molecule has 0 saturated carbocycles. The van der Waals surface area contributed by atoms with E-state index in [1.807, 2.05) is 30.8 Å². The molecule has 1 aliphatic heterocycles. The molecule has 0 unspecified atom stereocenters. The molecule has 3 rings (SSSR count). The summed E-state index contributed by atoms with van der Waals surface area (Å²) in [4.78, 5) is 0. The van der Waals surface area contributed by atoms with Gasteiger partial charge in [0.1, 0.15) is 12.4 Å². The second-order valence-corrected chi connectivity index (χ2v) is 8.34. The highest BCUT2D eigenvalue weighted by Crippen LogP contribution is 2.27. The Morgan fingerprint density at radius 1 is 1.33 bits per heavy atom. The molecule has 9 heteroatoms. The van der Waals surface area contributed by atoms with Crippen LogP contribution in [0, 0.1) is 0 Å². The molecule has 0 bridgehead atoms. The highest BCUT2D eigenvalue weighted by atomic mass is 32.2. The van der Waals surface area contributed by atoms with Gasteiger partial charge in [0.25, 0.3) is 0 Å². The van der Waals surface area contributed by atoms with Crippen LogP contribution in [0.3, 0.4) is 0 Å². The maximum absolute atomic E-state index is 12.3. The normalized spacial score (nSPS) is 19.7. The van der Waals surface area contributed by atoms with Crippen LogP contribution in [0.4, 0.5) is 0 Å². The topological polar surface area (TPSA) is 85.9 Å². The van der Waals surface area contributed by atoms with Crippen molar-refractivity contribution < 1.29 is 8.42 Å². The van der Waals surface area contributed by atoms with Crippen molar-refractivity contribution in [2.24, 2.45) is 7.05 Å². The predicted octanol–water partition coefficient (Wildman–Crippen LogP) is 0.979. The Balaban J connectivity index is 1.75. The summed E-state index contributed by atoms with van der Waals surface area (Å²) in [6, 6.07) is 1.87. The van der Waals surface area contributed by atoms with E-state index in [9.17, 15) is 8.42 Å². The van der Waals surface area contributed by atoms with Crippen LogP contribution >= 0.6 is 0 Å². The van der Waals surface area contributed by atoms with Crippen LogP contribution in [0.25, 0.3) is 0 Å². The summed E-state index contributed by atoms with van der Waals surface area (Å²) in [5, 5.41) is 12.8. The van der Waals surface area contributed by atoms with Crippen molar-refractivity contribution in [1.82, 2.24) is 28.9 Å². The number of aromatic nitrogens is 5. The fraction of sp³-hybridized carbons (Fsp3) is 0.667. The molecule has 8 nitrogen and oxygen atoms in total. The standard InChI is InChI=1S/C15H24N6O2S/c1-3-10-24(22,23)21-9-4-6-13(11-21)15-18-17-14(19(15)2)12-20-8-5-7-16-20/h5,7-8,13H,3-4,6,9-12H2,1-2H3/t13-/m0/s1. The van der Waals surface area contributed by atoms with E-state index in [1.54, 1.807) is 15.2 Å². The molecule has 1 saturated heterocycles. The molecule has 0 spiro atoms. The Morgan fingerprint density at radius 2 is 2.17 bits per heavy atom. The second kappa shape index (κ2) is 7.02. The highest BCUT2D eigenvalue weighted by Gasteiger charge is 2.31. The van der Waals surface area contributed by atoms with Gasteiger partial charge in [0.15, 0.2) is 5.82 Å². The predicted molar refractivity (Wildman–Crippen MR) is 90.0 cm³/mol. The van der Waals surface area contributed by atoms with Crippen LogP contribution in [0.1, 0.15) is 43.8 Å². The van der Waals surface area contributed by atoms with Gasteiger partial charge in [-0.25, -0.2) is 12.7 Å². The molecule has 1 aliphatic rings. The Bertz CT molecular complexity index is 768. The van der Waals surface area contributed by atoms with Crippen molar-refractivity contribution >= 4 is 10.0 Å². The summed E-state index contributed by atoms with van der Waals surface area (Å²) in [6.07, 6.45) is 6.05. The maximum Gasteiger partial charge on any atom is 0.214 e. The molecule has 0 N–H and O–H groups in total. The van der Waals surface area contributed by atoms with Crippen molar-refractivity contribution in [2.75, 3.05) is 18.8 Å². The molecule has 24 heavy (non-hydrogen) atoms. The lowest BCUT2D eigenvalue weighted by molar-refractivity contribution is 0.305. The largest absolute Gasteiger partial charge is 0.316 e. The molecular weight excluding hydrogens is 328 g/mol. The second-order valence-electron chi connectivity index (χ2n) is 6.25. The first-order valence-electron chi connectivity index (χ1n) is 8.34. The molecule has 0 radical (unpaired) electrons. The van der Waals surface area contributed by atoms with Crippen molar-refractivity contribution in [3.8, 4) is 0 Å². The van der Waals surface area contributed by atoms with Gasteiger partial charge in [-0.2, -0.15) is 5.10 Å². The van der Waals surface area contributed by atoms with Crippen molar-refractivity contribution in [3.63, 3.8) is 0 Å².